The predicted molar refractivity (Wildman–Crippen MR) is 92.7 cm³/mol. The third-order valence-corrected chi connectivity index (χ3v) is 5.80. The molecule has 2 aliphatic heterocycles. The van der Waals surface area contributed by atoms with E-state index in [0.717, 1.165) is 44.1 Å². The highest BCUT2D eigenvalue weighted by atomic mass is 16.3. The lowest BCUT2D eigenvalue weighted by molar-refractivity contribution is -0.138. The van der Waals surface area contributed by atoms with Crippen LogP contribution in [0, 0.1) is 18.8 Å². The molecule has 0 aromatic carbocycles. The lowest BCUT2D eigenvalue weighted by atomic mass is 10.0. The molecule has 136 valence electrons. The van der Waals surface area contributed by atoms with Gasteiger partial charge in [-0.25, -0.2) is 0 Å². The maximum Gasteiger partial charge on any atom is 0.242 e. The molecule has 3 atom stereocenters. The van der Waals surface area contributed by atoms with E-state index in [1.807, 2.05) is 24.0 Å². The highest BCUT2D eigenvalue weighted by Crippen LogP contribution is 2.37. The summed E-state index contributed by atoms with van der Waals surface area (Å²) in [5, 5.41) is 3.05. The van der Waals surface area contributed by atoms with Gasteiger partial charge >= 0.3 is 0 Å². The first-order chi connectivity index (χ1) is 12.0. The van der Waals surface area contributed by atoms with Gasteiger partial charge in [0.15, 0.2) is 0 Å². The van der Waals surface area contributed by atoms with Crippen molar-refractivity contribution in [3.05, 3.63) is 23.7 Å². The van der Waals surface area contributed by atoms with E-state index in [1.165, 1.54) is 12.8 Å². The van der Waals surface area contributed by atoms with Gasteiger partial charge in [-0.1, -0.05) is 0 Å². The van der Waals surface area contributed by atoms with Crippen LogP contribution in [-0.2, 0) is 16.1 Å². The Balaban J connectivity index is 1.39. The largest absolute Gasteiger partial charge is 0.465 e. The smallest absolute Gasteiger partial charge is 0.242 e. The average molecular weight is 345 g/mol. The van der Waals surface area contributed by atoms with E-state index in [-0.39, 0.29) is 23.9 Å². The van der Waals surface area contributed by atoms with Gasteiger partial charge in [-0.05, 0) is 50.2 Å². The van der Waals surface area contributed by atoms with Crippen LogP contribution >= 0.6 is 0 Å². The standard InChI is InChI=1S/C19H27N3O3/c1-12-3-6-16(25-12)10-21-9-15-7-17(19(24)20-8-14-4-5-14)22(13(2)23)18(15)11-21/h3,6,14-15,17-18H,4-5,7-11H2,1-2H3,(H,20,24)/t15?,17-,18?/m1/s1. The summed E-state index contributed by atoms with van der Waals surface area (Å²) in [6.45, 7) is 6.80. The van der Waals surface area contributed by atoms with Crippen LogP contribution in [0.25, 0.3) is 0 Å². The number of likely N-dealkylation sites (tertiary alicyclic amines) is 2. The summed E-state index contributed by atoms with van der Waals surface area (Å²) in [6, 6.07) is 3.85. The highest BCUT2D eigenvalue weighted by Gasteiger charge is 2.50. The van der Waals surface area contributed by atoms with Gasteiger partial charge in [0.1, 0.15) is 17.6 Å². The number of amides is 2. The summed E-state index contributed by atoms with van der Waals surface area (Å²) in [6.07, 6.45) is 3.20. The second kappa shape index (κ2) is 6.48. The van der Waals surface area contributed by atoms with Crippen LogP contribution < -0.4 is 5.32 Å². The Morgan fingerprint density at radius 1 is 1.28 bits per heavy atom. The van der Waals surface area contributed by atoms with Crippen molar-refractivity contribution in [2.75, 3.05) is 19.6 Å². The van der Waals surface area contributed by atoms with Gasteiger partial charge in [-0.2, -0.15) is 0 Å². The SMILES string of the molecule is CC(=O)N1C2CN(Cc3ccc(C)o3)CC2C[C@@H]1C(=O)NCC1CC1. The lowest BCUT2D eigenvalue weighted by Gasteiger charge is -2.29. The second-order valence-electron chi connectivity index (χ2n) is 7.90. The van der Waals surface area contributed by atoms with Crippen LogP contribution in [-0.4, -0.2) is 53.3 Å². The molecule has 0 radical (unpaired) electrons. The molecule has 1 aromatic rings. The number of nitrogens with one attached hydrogen (secondary N) is 1. The van der Waals surface area contributed by atoms with E-state index < -0.39 is 0 Å². The average Bonchev–Trinajstić information content (AvgIpc) is 3.01. The minimum absolute atomic E-state index is 0.00904. The summed E-state index contributed by atoms with van der Waals surface area (Å²) in [4.78, 5) is 29.0. The minimum atomic E-state index is -0.292. The van der Waals surface area contributed by atoms with Gasteiger partial charge < -0.3 is 14.6 Å². The van der Waals surface area contributed by atoms with Gasteiger partial charge in [0.05, 0.1) is 6.54 Å². The maximum absolute atomic E-state index is 12.6. The van der Waals surface area contributed by atoms with Gasteiger partial charge in [0.2, 0.25) is 11.8 Å². The van der Waals surface area contributed by atoms with Crippen molar-refractivity contribution in [2.45, 2.75) is 51.7 Å². The molecule has 1 aromatic heterocycles. The number of fused-ring (bicyclic) bond motifs is 1. The topological polar surface area (TPSA) is 65.8 Å². The Bertz CT molecular complexity index is 667. The summed E-state index contributed by atoms with van der Waals surface area (Å²) in [7, 11) is 0. The van der Waals surface area contributed by atoms with Crippen LogP contribution in [0.4, 0.5) is 0 Å². The molecular weight excluding hydrogens is 318 g/mol. The normalized spacial score (nSPS) is 29.0. The molecule has 3 aliphatic rings. The maximum atomic E-state index is 12.6. The highest BCUT2D eigenvalue weighted by molar-refractivity contribution is 5.88. The Morgan fingerprint density at radius 3 is 2.72 bits per heavy atom. The zero-order valence-electron chi connectivity index (χ0n) is 15.0. The first-order valence-corrected chi connectivity index (χ1v) is 9.35. The monoisotopic (exact) mass is 345 g/mol. The summed E-state index contributed by atoms with van der Waals surface area (Å²) < 4.78 is 5.68. The van der Waals surface area contributed by atoms with E-state index in [4.69, 9.17) is 4.42 Å². The molecule has 1 N–H and O–H groups in total. The molecule has 1 saturated carbocycles. The molecule has 3 heterocycles. The molecular formula is C19H27N3O3. The Labute approximate surface area is 148 Å². The van der Waals surface area contributed by atoms with Gasteiger partial charge in [0.25, 0.3) is 0 Å². The quantitative estimate of drug-likeness (QED) is 0.879. The summed E-state index contributed by atoms with van der Waals surface area (Å²) in [5.74, 6) is 2.96. The van der Waals surface area contributed by atoms with Crippen LogP contribution in [0.2, 0.25) is 0 Å². The van der Waals surface area contributed by atoms with Crippen LogP contribution in [0.1, 0.15) is 37.7 Å². The molecule has 2 unspecified atom stereocenters. The fraction of sp³-hybridized carbons (Fsp3) is 0.684. The lowest BCUT2D eigenvalue weighted by Crippen LogP contribution is -2.50. The molecule has 1 aliphatic carbocycles. The third kappa shape index (κ3) is 3.45. The van der Waals surface area contributed by atoms with Crippen LogP contribution in [0.3, 0.4) is 0 Å². The number of hydrogen-bond donors (Lipinski definition) is 1. The number of hydrogen-bond acceptors (Lipinski definition) is 4. The molecule has 2 amide bonds. The van der Waals surface area contributed by atoms with E-state index in [9.17, 15) is 9.59 Å². The molecule has 4 rings (SSSR count). The van der Waals surface area contributed by atoms with Gasteiger partial charge in [-0.15, -0.1) is 0 Å². The minimum Gasteiger partial charge on any atom is -0.465 e. The first kappa shape index (κ1) is 16.6. The molecule has 0 spiro atoms. The number of carbonyl (C=O) groups excluding carboxylic acids is 2. The summed E-state index contributed by atoms with van der Waals surface area (Å²) in [5.41, 5.74) is 0. The van der Waals surface area contributed by atoms with E-state index >= 15 is 0 Å². The van der Waals surface area contributed by atoms with Crippen molar-refractivity contribution in [3.63, 3.8) is 0 Å². The third-order valence-electron chi connectivity index (χ3n) is 5.80. The predicted octanol–water partition coefficient (Wildman–Crippen LogP) is 1.54. The second-order valence-corrected chi connectivity index (χ2v) is 7.90. The first-order valence-electron chi connectivity index (χ1n) is 9.35. The zero-order chi connectivity index (χ0) is 17.6. The molecule has 6 heteroatoms. The van der Waals surface area contributed by atoms with Crippen molar-refractivity contribution in [1.29, 1.82) is 0 Å². The Morgan fingerprint density at radius 2 is 2.08 bits per heavy atom. The fourth-order valence-electron chi connectivity index (χ4n) is 4.41. The van der Waals surface area contributed by atoms with Gasteiger partial charge in [0, 0.05) is 32.6 Å². The number of nitrogens with zero attached hydrogens (tertiary/aromatic N) is 2. The van der Waals surface area contributed by atoms with Crippen LogP contribution in [0.5, 0.6) is 0 Å². The Kier molecular flexibility index (Phi) is 4.31. The van der Waals surface area contributed by atoms with Crippen molar-refractivity contribution in [3.8, 4) is 0 Å². The number of furan rings is 1. The van der Waals surface area contributed by atoms with E-state index in [2.05, 4.69) is 10.2 Å². The Hall–Kier alpha value is -1.82. The van der Waals surface area contributed by atoms with Gasteiger partial charge in [-0.3, -0.25) is 14.5 Å². The summed E-state index contributed by atoms with van der Waals surface area (Å²) >= 11 is 0. The van der Waals surface area contributed by atoms with E-state index in [1.54, 1.807) is 6.92 Å². The molecule has 0 bridgehead atoms. The van der Waals surface area contributed by atoms with E-state index in [0.29, 0.717) is 11.8 Å². The molecule has 6 nitrogen and oxygen atoms in total. The molecule has 2 saturated heterocycles. The van der Waals surface area contributed by atoms with Crippen molar-refractivity contribution < 1.29 is 14.0 Å². The number of rotatable bonds is 5. The molecule has 3 fully saturated rings. The molecule has 25 heavy (non-hydrogen) atoms. The van der Waals surface area contributed by atoms with Crippen LogP contribution in [0.15, 0.2) is 16.5 Å². The van der Waals surface area contributed by atoms with Crippen molar-refractivity contribution in [1.82, 2.24) is 15.1 Å². The van der Waals surface area contributed by atoms with Crippen molar-refractivity contribution >= 4 is 11.8 Å². The zero-order valence-corrected chi connectivity index (χ0v) is 15.0. The number of aryl methyl sites for hydroxylation is 1. The fourth-order valence-corrected chi connectivity index (χ4v) is 4.41. The number of carbonyl (C=O) groups is 2. The van der Waals surface area contributed by atoms with Crippen molar-refractivity contribution in [2.24, 2.45) is 11.8 Å².